The molecule has 4 heteroatoms. The summed E-state index contributed by atoms with van der Waals surface area (Å²) >= 11 is 0. The van der Waals surface area contributed by atoms with Crippen molar-refractivity contribution in [1.82, 2.24) is 10.2 Å². The number of piperidine rings is 1. The zero-order chi connectivity index (χ0) is 13.8. The number of nitrogens with one attached hydrogen (secondary N) is 1. The molecule has 1 aliphatic heterocycles. The Balaban J connectivity index is 2.33. The first-order chi connectivity index (χ1) is 8.32. The zero-order valence-corrected chi connectivity index (χ0v) is 12.3. The second-order valence-corrected chi connectivity index (χ2v) is 6.57. The van der Waals surface area contributed by atoms with Crippen LogP contribution in [0.3, 0.4) is 0 Å². The van der Waals surface area contributed by atoms with E-state index in [4.69, 9.17) is 5.73 Å². The molecule has 1 heterocycles. The van der Waals surface area contributed by atoms with Gasteiger partial charge in [0.25, 0.3) is 0 Å². The zero-order valence-electron chi connectivity index (χ0n) is 12.3. The highest BCUT2D eigenvalue weighted by atomic mass is 16.2. The van der Waals surface area contributed by atoms with Crippen molar-refractivity contribution in [2.75, 3.05) is 26.7 Å². The monoisotopic (exact) mass is 255 g/mol. The molecule has 1 amide bonds. The van der Waals surface area contributed by atoms with E-state index in [2.05, 4.69) is 38.0 Å². The molecule has 0 spiro atoms. The minimum Gasteiger partial charge on any atom is -0.354 e. The van der Waals surface area contributed by atoms with Gasteiger partial charge in [0.15, 0.2) is 0 Å². The first kappa shape index (κ1) is 15.4. The summed E-state index contributed by atoms with van der Waals surface area (Å²) in [6.07, 6.45) is 3.04. The fraction of sp³-hybridized carbons (Fsp3) is 0.929. The lowest BCUT2D eigenvalue weighted by Crippen LogP contribution is -2.48. The number of rotatable bonds is 5. The maximum atomic E-state index is 11.9. The molecule has 0 radical (unpaired) electrons. The molecule has 1 fully saturated rings. The molecule has 106 valence electrons. The van der Waals surface area contributed by atoms with E-state index >= 15 is 0 Å². The first-order valence-corrected chi connectivity index (χ1v) is 7.04. The van der Waals surface area contributed by atoms with E-state index in [0.29, 0.717) is 5.92 Å². The Labute approximate surface area is 111 Å². The molecule has 0 aromatic carbocycles. The molecule has 0 aliphatic carbocycles. The summed E-state index contributed by atoms with van der Waals surface area (Å²) in [5, 5.41) is 3.03. The third kappa shape index (κ3) is 4.94. The Kier molecular flexibility index (Phi) is 5.60. The predicted molar refractivity (Wildman–Crippen MR) is 75.3 cm³/mol. The number of nitrogens with two attached hydrogens (primary N) is 1. The molecule has 3 N–H and O–H groups in total. The average molecular weight is 255 g/mol. The smallest absolute Gasteiger partial charge is 0.236 e. The van der Waals surface area contributed by atoms with Crippen LogP contribution in [-0.2, 0) is 4.79 Å². The summed E-state index contributed by atoms with van der Waals surface area (Å²) in [7, 11) is 2.15. The van der Waals surface area contributed by atoms with E-state index in [0.717, 1.165) is 38.9 Å². The van der Waals surface area contributed by atoms with Gasteiger partial charge in [-0.15, -0.1) is 0 Å². The number of hydrogen-bond donors (Lipinski definition) is 2. The molecule has 1 saturated heterocycles. The van der Waals surface area contributed by atoms with Crippen LogP contribution in [0, 0.1) is 11.3 Å². The van der Waals surface area contributed by atoms with Crippen LogP contribution >= 0.6 is 0 Å². The summed E-state index contributed by atoms with van der Waals surface area (Å²) in [5.41, 5.74) is 6.11. The summed E-state index contributed by atoms with van der Waals surface area (Å²) in [4.78, 5) is 14.2. The Morgan fingerprint density at radius 1 is 1.39 bits per heavy atom. The van der Waals surface area contributed by atoms with Crippen molar-refractivity contribution < 1.29 is 4.79 Å². The third-order valence-corrected chi connectivity index (χ3v) is 3.95. The SMILES string of the molecule is CC(C)CC(N)C(=O)NCC1(C)CCN(C)CC1. The number of nitrogens with zero attached hydrogens (tertiary/aromatic N) is 1. The lowest BCUT2D eigenvalue weighted by molar-refractivity contribution is -0.123. The van der Waals surface area contributed by atoms with E-state index < -0.39 is 0 Å². The van der Waals surface area contributed by atoms with Crippen LogP contribution in [0.25, 0.3) is 0 Å². The molecule has 0 saturated carbocycles. The van der Waals surface area contributed by atoms with Gasteiger partial charge in [-0.1, -0.05) is 20.8 Å². The van der Waals surface area contributed by atoms with Gasteiger partial charge >= 0.3 is 0 Å². The van der Waals surface area contributed by atoms with Crippen LogP contribution < -0.4 is 11.1 Å². The summed E-state index contributed by atoms with van der Waals surface area (Å²) < 4.78 is 0. The Bertz CT molecular complexity index is 270. The van der Waals surface area contributed by atoms with E-state index in [-0.39, 0.29) is 17.4 Å². The van der Waals surface area contributed by atoms with E-state index in [1.54, 1.807) is 0 Å². The van der Waals surface area contributed by atoms with E-state index in [1.807, 2.05) is 0 Å². The van der Waals surface area contributed by atoms with Crippen molar-refractivity contribution in [2.45, 2.75) is 46.1 Å². The first-order valence-electron chi connectivity index (χ1n) is 7.04. The second kappa shape index (κ2) is 6.53. The Hall–Kier alpha value is -0.610. The lowest BCUT2D eigenvalue weighted by Gasteiger charge is -2.38. The molecule has 0 bridgehead atoms. The molecule has 1 aliphatic rings. The van der Waals surface area contributed by atoms with Crippen LogP contribution in [0.1, 0.15) is 40.0 Å². The fourth-order valence-electron chi connectivity index (χ4n) is 2.38. The van der Waals surface area contributed by atoms with Crippen molar-refractivity contribution >= 4 is 5.91 Å². The molecular formula is C14H29N3O. The summed E-state index contributed by atoms with van der Waals surface area (Å²) in [6.45, 7) is 9.42. The van der Waals surface area contributed by atoms with Crippen molar-refractivity contribution in [1.29, 1.82) is 0 Å². The number of carbonyl (C=O) groups is 1. The van der Waals surface area contributed by atoms with Crippen molar-refractivity contribution in [3.63, 3.8) is 0 Å². The molecule has 1 atom stereocenters. The molecule has 1 unspecified atom stereocenters. The van der Waals surface area contributed by atoms with Gasteiger partial charge in [0.2, 0.25) is 5.91 Å². The van der Waals surface area contributed by atoms with Crippen LogP contribution in [0.5, 0.6) is 0 Å². The van der Waals surface area contributed by atoms with Crippen molar-refractivity contribution in [3.8, 4) is 0 Å². The predicted octanol–water partition coefficient (Wildman–Crippen LogP) is 1.21. The van der Waals surface area contributed by atoms with Gasteiger partial charge < -0.3 is 16.0 Å². The normalized spacial score (nSPS) is 21.9. The van der Waals surface area contributed by atoms with Gasteiger partial charge in [-0.3, -0.25) is 4.79 Å². The van der Waals surface area contributed by atoms with E-state index in [9.17, 15) is 4.79 Å². The van der Waals surface area contributed by atoms with Gasteiger partial charge in [-0.25, -0.2) is 0 Å². The Morgan fingerprint density at radius 3 is 2.44 bits per heavy atom. The number of carbonyl (C=O) groups excluding carboxylic acids is 1. The van der Waals surface area contributed by atoms with Crippen LogP contribution in [0.4, 0.5) is 0 Å². The number of likely N-dealkylation sites (tertiary alicyclic amines) is 1. The minimum atomic E-state index is -0.361. The molecule has 0 aromatic heterocycles. The van der Waals surface area contributed by atoms with E-state index in [1.165, 1.54) is 0 Å². The number of hydrogen-bond acceptors (Lipinski definition) is 3. The maximum absolute atomic E-state index is 11.9. The minimum absolute atomic E-state index is 0.00357. The quantitative estimate of drug-likeness (QED) is 0.776. The highest BCUT2D eigenvalue weighted by Gasteiger charge is 2.29. The molecule has 18 heavy (non-hydrogen) atoms. The average Bonchev–Trinajstić information content (AvgIpc) is 2.29. The lowest BCUT2D eigenvalue weighted by atomic mass is 9.80. The van der Waals surface area contributed by atoms with Gasteiger partial charge in [0, 0.05) is 6.54 Å². The van der Waals surface area contributed by atoms with Gasteiger partial charge in [-0.2, -0.15) is 0 Å². The molecule has 1 rings (SSSR count). The molecular weight excluding hydrogens is 226 g/mol. The molecule has 4 nitrogen and oxygen atoms in total. The summed E-state index contributed by atoms with van der Waals surface area (Å²) in [5.74, 6) is 0.466. The highest BCUT2D eigenvalue weighted by molar-refractivity contribution is 5.81. The standard InChI is InChI=1S/C14H29N3O/c1-11(2)9-12(15)13(18)16-10-14(3)5-7-17(4)8-6-14/h11-12H,5-10,15H2,1-4H3,(H,16,18). The van der Waals surface area contributed by atoms with Gasteiger partial charge in [0.05, 0.1) is 6.04 Å². The summed E-state index contributed by atoms with van der Waals surface area (Å²) in [6, 6.07) is -0.361. The largest absolute Gasteiger partial charge is 0.354 e. The van der Waals surface area contributed by atoms with Crippen molar-refractivity contribution in [3.05, 3.63) is 0 Å². The van der Waals surface area contributed by atoms with Crippen molar-refractivity contribution in [2.24, 2.45) is 17.1 Å². The van der Waals surface area contributed by atoms with Crippen LogP contribution in [0.2, 0.25) is 0 Å². The third-order valence-electron chi connectivity index (χ3n) is 3.95. The number of amides is 1. The van der Waals surface area contributed by atoms with Gasteiger partial charge in [-0.05, 0) is 50.7 Å². The maximum Gasteiger partial charge on any atom is 0.236 e. The molecule has 0 aromatic rings. The topological polar surface area (TPSA) is 58.4 Å². The second-order valence-electron chi connectivity index (χ2n) is 6.57. The van der Waals surface area contributed by atoms with Crippen LogP contribution in [-0.4, -0.2) is 43.5 Å². The Morgan fingerprint density at radius 2 is 1.94 bits per heavy atom. The van der Waals surface area contributed by atoms with Gasteiger partial charge in [0.1, 0.15) is 0 Å². The highest BCUT2D eigenvalue weighted by Crippen LogP contribution is 2.29. The fourth-order valence-corrected chi connectivity index (χ4v) is 2.38. The van der Waals surface area contributed by atoms with Crippen LogP contribution in [0.15, 0.2) is 0 Å².